The Hall–Kier alpha value is -1.80. The molecule has 8 heteroatoms. The van der Waals surface area contributed by atoms with Crippen molar-refractivity contribution in [3.05, 3.63) is 29.8 Å². The quantitative estimate of drug-likeness (QED) is 0.636. The van der Waals surface area contributed by atoms with E-state index in [9.17, 15) is 8.42 Å². The lowest BCUT2D eigenvalue weighted by molar-refractivity contribution is 0.594. The fraction of sp³-hybridized carbons (Fsp3) is 0.250. The van der Waals surface area contributed by atoms with Crippen molar-refractivity contribution in [1.29, 1.82) is 0 Å². The smallest absolute Gasteiger partial charge is 0.312 e. The Bertz CT molecular complexity index is 735. The van der Waals surface area contributed by atoms with Gasteiger partial charge in [0.1, 0.15) is 6.34 Å². The number of hydrogen-bond donors (Lipinski definition) is 0. The Balaban J connectivity index is 2.37. The van der Waals surface area contributed by atoms with Gasteiger partial charge in [0.25, 0.3) is 4.34 Å². The zero-order valence-corrected chi connectivity index (χ0v) is 12.9. The summed E-state index contributed by atoms with van der Waals surface area (Å²) < 4.78 is 31.4. The van der Waals surface area contributed by atoms with Crippen LogP contribution in [0.3, 0.4) is 0 Å². The highest BCUT2D eigenvalue weighted by Crippen LogP contribution is 2.24. The largest absolute Gasteiger partial charge is 0.368 e. The van der Waals surface area contributed by atoms with Crippen LogP contribution in [0.1, 0.15) is 5.56 Å². The molecule has 0 amide bonds. The second-order valence-electron chi connectivity index (χ2n) is 4.36. The highest BCUT2D eigenvalue weighted by molar-refractivity contribution is 7.92. The zero-order valence-electron chi connectivity index (χ0n) is 11.3. The Labute approximate surface area is 122 Å². The predicted molar refractivity (Wildman–Crippen MR) is 79.4 cm³/mol. The lowest BCUT2D eigenvalue weighted by Crippen LogP contribution is -2.10. The molecule has 1 aromatic heterocycles. The Morgan fingerprint density at radius 1 is 1.30 bits per heavy atom. The van der Waals surface area contributed by atoms with Crippen molar-refractivity contribution in [2.75, 3.05) is 14.1 Å². The molecule has 1 heterocycles. The lowest BCUT2D eigenvalue weighted by Gasteiger charge is -2.01. The molecule has 0 fully saturated rings. The summed E-state index contributed by atoms with van der Waals surface area (Å²) in [5, 5.41) is 0. The summed E-state index contributed by atoms with van der Waals surface area (Å²) in [7, 11) is -0.398. The van der Waals surface area contributed by atoms with Gasteiger partial charge in [-0.2, -0.15) is 12.8 Å². The first-order valence-electron chi connectivity index (χ1n) is 5.77. The summed E-state index contributed by atoms with van der Waals surface area (Å²) in [5.74, 6) is 0.409. The van der Waals surface area contributed by atoms with Gasteiger partial charge in [-0.25, -0.2) is 4.98 Å². The van der Waals surface area contributed by atoms with Gasteiger partial charge in [-0.05, 0) is 12.5 Å². The molecular weight excluding hydrogens is 296 g/mol. The molecule has 0 aliphatic rings. The predicted octanol–water partition coefficient (Wildman–Crippen LogP) is 1.79. The Morgan fingerprint density at radius 3 is 2.65 bits per heavy atom. The van der Waals surface area contributed by atoms with E-state index in [4.69, 9.17) is 0 Å². The van der Waals surface area contributed by atoms with Crippen LogP contribution < -0.4 is 0 Å². The third kappa shape index (κ3) is 3.20. The first-order valence-corrected chi connectivity index (χ1v) is 7.98. The number of rotatable bonds is 4. The van der Waals surface area contributed by atoms with E-state index in [-0.39, 0.29) is 4.34 Å². The Kier molecular flexibility index (Phi) is 4.15. The molecule has 0 aliphatic carbocycles. The number of aromatic nitrogens is 2. The van der Waals surface area contributed by atoms with Crippen LogP contribution in [0.15, 0.2) is 33.0 Å². The second kappa shape index (κ2) is 5.68. The molecular formula is C12H14N4O2S2. The van der Waals surface area contributed by atoms with Crippen molar-refractivity contribution in [2.45, 2.75) is 11.3 Å². The molecule has 20 heavy (non-hydrogen) atoms. The minimum Gasteiger partial charge on any atom is -0.368 e. The van der Waals surface area contributed by atoms with Gasteiger partial charge in [-0.1, -0.05) is 24.3 Å². The van der Waals surface area contributed by atoms with Crippen LogP contribution in [0.4, 0.5) is 0 Å². The third-order valence-electron chi connectivity index (χ3n) is 2.43. The van der Waals surface area contributed by atoms with E-state index in [1.165, 1.54) is 6.34 Å². The number of nitrogens with zero attached hydrogens (tertiary/aromatic N) is 4. The zero-order chi connectivity index (χ0) is 14.8. The first-order chi connectivity index (χ1) is 9.40. The molecule has 0 bridgehead atoms. The van der Waals surface area contributed by atoms with Crippen molar-refractivity contribution in [3.8, 4) is 11.4 Å². The average Bonchev–Trinajstić information content (AvgIpc) is 2.87. The molecule has 0 saturated carbocycles. The van der Waals surface area contributed by atoms with Crippen LogP contribution in [0.2, 0.25) is 0 Å². The van der Waals surface area contributed by atoms with E-state index in [0.29, 0.717) is 5.82 Å². The molecule has 0 unspecified atom stereocenters. The maximum absolute atomic E-state index is 11.9. The van der Waals surface area contributed by atoms with E-state index in [2.05, 4.69) is 13.8 Å². The normalized spacial score (nSPS) is 11.9. The SMILES string of the molecule is Cc1ccccc1-c1nsc(S(=O)(=O)N=CN(C)C)n1. The maximum atomic E-state index is 11.9. The van der Waals surface area contributed by atoms with E-state index >= 15 is 0 Å². The van der Waals surface area contributed by atoms with Gasteiger partial charge >= 0.3 is 10.0 Å². The van der Waals surface area contributed by atoms with Crippen LogP contribution in [-0.2, 0) is 10.0 Å². The third-order valence-corrected chi connectivity index (χ3v) is 4.70. The van der Waals surface area contributed by atoms with Crippen molar-refractivity contribution < 1.29 is 8.42 Å². The minimum atomic E-state index is -3.78. The number of hydrogen-bond acceptors (Lipinski definition) is 5. The topological polar surface area (TPSA) is 75.5 Å². The number of aryl methyl sites for hydroxylation is 1. The van der Waals surface area contributed by atoms with Gasteiger partial charge < -0.3 is 4.90 Å². The molecule has 0 atom stereocenters. The number of benzene rings is 1. The fourth-order valence-electron chi connectivity index (χ4n) is 1.45. The Morgan fingerprint density at radius 2 is 2.00 bits per heavy atom. The van der Waals surface area contributed by atoms with Crippen LogP contribution in [0.25, 0.3) is 11.4 Å². The monoisotopic (exact) mass is 310 g/mol. The van der Waals surface area contributed by atoms with Crippen LogP contribution in [0, 0.1) is 6.92 Å². The van der Waals surface area contributed by atoms with Crippen LogP contribution in [0.5, 0.6) is 0 Å². The summed E-state index contributed by atoms with van der Waals surface area (Å²) in [6, 6.07) is 7.55. The van der Waals surface area contributed by atoms with Crippen molar-refractivity contribution in [3.63, 3.8) is 0 Å². The van der Waals surface area contributed by atoms with Crippen molar-refractivity contribution in [2.24, 2.45) is 4.40 Å². The summed E-state index contributed by atoms with van der Waals surface area (Å²) in [5.41, 5.74) is 1.81. The molecule has 0 saturated heterocycles. The second-order valence-corrected chi connectivity index (χ2v) is 6.92. The molecule has 106 valence electrons. The molecule has 0 N–H and O–H groups in total. The molecule has 0 aliphatic heterocycles. The molecule has 2 aromatic rings. The molecule has 2 rings (SSSR count). The summed E-state index contributed by atoms with van der Waals surface area (Å²) in [6.07, 6.45) is 1.23. The minimum absolute atomic E-state index is 0.103. The van der Waals surface area contributed by atoms with Crippen LogP contribution >= 0.6 is 11.5 Å². The summed E-state index contributed by atoms with van der Waals surface area (Å²) >= 11 is 0.830. The summed E-state index contributed by atoms with van der Waals surface area (Å²) in [6.45, 7) is 1.93. The summed E-state index contributed by atoms with van der Waals surface area (Å²) in [4.78, 5) is 5.62. The standard InChI is InChI=1S/C12H14N4O2S2/c1-9-6-4-5-7-10(9)11-14-12(19-15-11)20(17,18)13-8-16(2)3/h4-8H,1-3H3. The van der Waals surface area contributed by atoms with Gasteiger partial charge in [0.05, 0.1) is 0 Å². The fourth-order valence-corrected chi connectivity index (χ4v) is 3.10. The van der Waals surface area contributed by atoms with E-state index in [1.807, 2.05) is 31.2 Å². The van der Waals surface area contributed by atoms with Crippen molar-refractivity contribution >= 4 is 27.9 Å². The van der Waals surface area contributed by atoms with E-state index < -0.39 is 10.0 Å². The number of sulfonamides is 1. The van der Waals surface area contributed by atoms with E-state index in [1.54, 1.807) is 19.0 Å². The highest BCUT2D eigenvalue weighted by Gasteiger charge is 2.19. The molecule has 0 radical (unpaired) electrons. The lowest BCUT2D eigenvalue weighted by atomic mass is 10.1. The van der Waals surface area contributed by atoms with Crippen LogP contribution in [-0.4, -0.2) is 43.1 Å². The molecule has 6 nitrogen and oxygen atoms in total. The highest BCUT2D eigenvalue weighted by atomic mass is 32.2. The van der Waals surface area contributed by atoms with Gasteiger partial charge in [0.15, 0.2) is 5.82 Å². The van der Waals surface area contributed by atoms with Gasteiger partial charge in [0, 0.05) is 31.2 Å². The van der Waals surface area contributed by atoms with E-state index in [0.717, 1.165) is 22.7 Å². The van der Waals surface area contributed by atoms with Crippen molar-refractivity contribution in [1.82, 2.24) is 14.3 Å². The van der Waals surface area contributed by atoms with Gasteiger partial charge in [-0.15, -0.1) is 4.40 Å². The maximum Gasteiger partial charge on any atom is 0.312 e. The average molecular weight is 310 g/mol. The molecule has 0 spiro atoms. The van der Waals surface area contributed by atoms with Gasteiger partial charge in [0.2, 0.25) is 0 Å². The molecule has 1 aromatic carbocycles. The first kappa shape index (κ1) is 14.6. The van der Waals surface area contributed by atoms with Gasteiger partial charge in [-0.3, -0.25) is 0 Å².